The van der Waals surface area contributed by atoms with Crippen LogP contribution in [-0.2, 0) is 14.3 Å². The van der Waals surface area contributed by atoms with E-state index in [9.17, 15) is 9.59 Å². The molecule has 168 valence electrons. The number of hydrogen-bond acceptors (Lipinski definition) is 5. The third-order valence-electron chi connectivity index (χ3n) is 7.10. The summed E-state index contributed by atoms with van der Waals surface area (Å²) in [5.41, 5.74) is 3.80. The molecule has 0 aromatic heterocycles. The first-order valence-corrected chi connectivity index (χ1v) is 11.7. The second-order valence-electron chi connectivity index (χ2n) is 9.36. The Bertz CT molecular complexity index is 1000. The zero-order chi connectivity index (χ0) is 22.1. The molecule has 0 atom stereocenters. The maximum Gasteiger partial charge on any atom is 0.161 e. The molecule has 0 radical (unpaired) electrons. The van der Waals surface area contributed by atoms with Gasteiger partial charge in [0.25, 0.3) is 0 Å². The Labute approximate surface area is 189 Å². The van der Waals surface area contributed by atoms with E-state index in [4.69, 9.17) is 14.2 Å². The second kappa shape index (κ2) is 9.07. The summed E-state index contributed by atoms with van der Waals surface area (Å²) in [4.78, 5) is 26.3. The SMILES string of the molecule is Cc1ccc(-c2ccc3c(c2)OCCO3)cc1C1C(=O)CC(CC2CCOCC2)CC1=O. The molecule has 2 aliphatic heterocycles. The number of benzene rings is 2. The van der Waals surface area contributed by atoms with Crippen LogP contribution in [0.3, 0.4) is 0 Å². The molecule has 2 heterocycles. The standard InChI is InChI=1S/C27H30O5/c1-17-2-3-20(21-4-5-25-26(16-21)32-11-10-31-25)15-22(17)27-23(28)13-19(14-24(27)29)12-18-6-8-30-9-7-18/h2-5,15-16,18-19,27H,6-14H2,1H3. The Morgan fingerprint density at radius 3 is 2.19 bits per heavy atom. The predicted molar refractivity (Wildman–Crippen MR) is 121 cm³/mol. The summed E-state index contributed by atoms with van der Waals surface area (Å²) in [5, 5.41) is 0. The van der Waals surface area contributed by atoms with E-state index in [2.05, 4.69) is 0 Å². The Balaban J connectivity index is 1.36. The van der Waals surface area contributed by atoms with Crippen LogP contribution >= 0.6 is 0 Å². The van der Waals surface area contributed by atoms with Gasteiger partial charge in [0.2, 0.25) is 0 Å². The average molecular weight is 435 g/mol. The summed E-state index contributed by atoms with van der Waals surface area (Å²) in [6.07, 6.45) is 4.05. The summed E-state index contributed by atoms with van der Waals surface area (Å²) in [6, 6.07) is 11.9. The molecule has 0 spiro atoms. The Morgan fingerprint density at radius 1 is 0.781 bits per heavy atom. The van der Waals surface area contributed by atoms with Gasteiger partial charge in [-0.1, -0.05) is 18.2 Å². The van der Waals surface area contributed by atoms with Gasteiger partial charge in [-0.05, 0) is 78.5 Å². The number of carbonyl (C=O) groups excluding carboxylic acids is 2. The van der Waals surface area contributed by atoms with E-state index >= 15 is 0 Å². The first-order chi connectivity index (χ1) is 15.6. The van der Waals surface area contributed by atoms with Gasteiger partial charge < -0.3 is 14.2 Å². The number of hydrogen-bond donors (Lipinski definition) is 0. The van der Waals surface area contributed by atoms with Crippen LogP contribution in [0.4, 0.5) is 0 Å². The Morgan fingerprint density at radius 2 is 1.44 bits per heavy atom. The molecule has 1 aliphatic carbocycles. The quantitative estimate of drug-likeness (QED) is 0.642. The van der Waals surface area contributed by atoms with Gasteiger partial charge in [0, 0.05) is 26.1 Å². The van der Waals surface area contributed by atoms with E-state index in [1.54, 1.807) is 0 Å². The summed E-state index contributed by atoms with van der Waals surface area (Å²) >= 11 is 0. The van der Waals surface area contributed by atoms with E-state index in [0.717, 1.165) is 66.2 Å². The van der Waals surface area contributed by atoms with Gasteiger partial charge in [0.05, 0.1) is 0 Å². The Kier molecular flexibility index (Phi) is 6.01. The molecule has 0 unspecified atom stereocenters. The van der Waals surface area contributed by atoms with E-state index < -0.39 is 5.92 Å². The van der Waals surface area contributed by atoms with Gasteiger partial charge >= 0.3 is 0 Å². The molecule has 0 N–H and O–H groups in total. The predicted octanol–water partition coefficient (Wildman–Crippen LogP) is 4.88. The molecular formula is C27H30O5. The lowest BCUT2D eigenvalue weighted by atomic mass is 9.72. The lowest BCUT2D eigenvalue weighted by molar-refractivity contribution is -0.134. The molecule has 0 amide bonds. The fourth-order valence-corrected chi connectivity index (χ4v) is 5.38. The van der Waals surface area contributed by atoms with Crippen LogP contribution in [0, 0.1) is 18.8 Å². The van der Waals surface area contributed by atoms with Crippen molar-refractivity contribution in [2.45, 2.75) is 44.9 Å². The van der Waals surface area contributed by atoms with E-state index in [-0.39, 0.29) is 17.5 Å². The molecule has 5 rings (SSSR count). The minimum absolute atomic E-state index is 0.0701. The first kappa shape index (κ1) is 21.2. The fourth-order valence-electron chi connectivity index (χ4n) is 5.38. The van der Waals surface area contributed by atoms with Crippen molar-refractivity contribution in [3.8, 4) is 22.6 Å². The van der Waals surface area contributed by atoms with Crippen molar-refractivity contribution >= 4 is 11.6 Å². The number of ketones is 2. The lowest BCUT2D eigenvalue weighted by Gasteiger charge is -2.31. The molecular weight excluding hydrogens is 404 g/mol. The highest BCUT2D eigenvalue weighted by atomic mass is 16.6. The number of ether oxygens (including phenoxy) is 3. The molecule has 2 aromatic rings. The van der Waals surface area contributed by atoms with Gasteiger partial charge in [0.15, 0.2) is 11.5 Å². The largest absolute Gasteiger partial charge is 0.486 e. The van der Waals surface area contributed by atoms with Gasteiger partial charge in [-0.2, -0.15) is 0 Å². The van der Waals surface area contributed by atoms with E-state index in [1.807, 2.05) is 43.3 Å². The minimum Gasteiger partial charge on any atom is -0.486 e. The van der Waals surface area contributed by atoms with E-state index in [0.29, 0.717) is 32.0 Å². The second-order valence-corrected chi connectivity index (χ2v) is 9.36. The van der Waals surface area contributed by atoms with Crippen LogP contribution < -0.4 is 9.47 Å². The molecule has 3 aliphatic rings. The monoisotopic (exact) mass is 434 g/mol. The lowest BCUT2D eigenvalue weighted by Crippen LogP contribution is -2.33. The third kappa shape index (κ3) is 4.31. The molecule has 32 heavy (non-hydrogen) atoms. The minimum atomic E-state index is -0.641. The highest BCUT2D eigenvalue weighted by molar-refractivity contribution is 6.10. The molecule has 1 saturated carbocycles. The van der Waals surface area contributed by atoms with Gasteiger partial charge in [0.1, 0.15) is 30.7 Å². The van der Waals surface area contributed by atoms with Crippen LogP contribution in [0.2, 0.25) is 0 Å². The number of carbonyl (C=O) groups is 2. The van der Waals surface area contributed by atoms with Crippen molar-refractivity contribution in [2.75, 3.05) is 26.4 Å². The van der Waals surface area contributed by atoms with Crippen LogP contribution in [0.15, 0.2) is 36.4 Å². The Hall–Kier alpha value is -2.66. The molecule has 0 bridgehead atoms. The van der Waals surface area contributed by atoms with Crippen molar-refractivity contribution < 1.29 is 23.8 Å². The highest BCUT2D eigenvalue weighted by Gasteiger charge is 2.38. The maximum atomic E-state index is 13.2. The smallest absolute Gasteiger partial charge is 0.161 e. The molecule has 1 saturated heterocycles. The molecule has 2 fully saturated rings. The summed E-state index contributed by atoms with van der Waals surface area (Å²) < 4.78 is 16.8. The average Bonchev–Trinajstić information content (AvgIpc) is 2.80. The fraction of sp³-hybridized carbons (Fsp3) is 0.481. The third-order valence-corrected chi connectivity index (χ3v) is 7.10. The number of Topliss-reactive ketones (excluding diaryl/α,β-unsaturated/α-hetero) is 2. The summed E-state index contributed by atoms with van der Waals surface area (Å²) in [5.74, 6) is 1.73. The van der Waals surface area contributed by atoms with Crippen LogP contribution in [-0.4, -0.2) is 38.0 Å². The van der Waals surface area contributed by atoms with Crippen molar-refractivity contribution in [1.29, 1.82) is 0 Å². The topological polar surface area (TPSA) is 61.8 Å². The number of rotatable bonds is 4. The molecule has 5 nitrogen and oxygen atoms in total. The van der Waals surface area contributed by atoms with Crippen molar-refractivity contribution in [2.24, 2.45) is 11.8 Å². The molecule has 2 aromatic carbocycles. The van der Waals surface area contributed by atoms with Gasteiger partial charge in [-0.15, -0.1) is 0 Å². The normalized spacial score (nSPS) is 23.9. The summed E-state index contributed by atoms with van der Waals surface area (Å²) in [7, 11) is 0. The zero-order valence-corrected chi connectivity index (χ0v) is 18.6. The van der Waals surface area contributed by atoms with Crippen molar-refractivity contribution in [3.05, 3.63) is 47.5 Å². The maximum absolute atomic E-state index is 13.2. The molecule has 5 heteroatoms. The summed E-state index contributed by atoms with van der Waals surface area (Å²) in [6.45, 7) is 4.68. The van der Waals surface area contributed by atoms with Gasteiger partial charge in [-0.25, -0.2) is 0 Å². The van der Waals surface area contributed by atoms with Gasteiger partial charge in [-0.3, -0.25) is 9.59 Å². The van der Waals surface area contributed by atoms with Crippen LogP contribution in [0.25, 0.3) is 11.1 Å². The van der Waals surface area contributed by atoms with E-state index in [1.165, 1.54) is 0 Å². The van der Waals surface area contributed by atoms with Crippen molar-refractivity contribution in [3.63, 3.8) is 0 Å². The zero-order valence-electron chi connectivity index (χ0n) is 18.6. The van der Waals surface area contributed by atoms with Crippen LogP contribution in [0.1, 0.15) is 49.1 Å². The highest BCUT2D eigenvalue weighted by Crippen LogP contribution is 2.39. The first-order valence-electron chi connectivity index (χ1n) is 11.7. The van der Waals surface area contributed by atoms with Crippen molar-refractivity contribution in [1.82, 2.24) is 0 Å². The van der Waals surface area contributed by atoms with Crippen LogP contribution in [0.5, 0.6) is 11.5 Å². The number of aryl methyl sites for hydroxylation is 1. The number of fused-ring (bicyclic) bond motifs is 1.